The van der Waals surface area contributed by atoms with Crippen molar-refractivity contribution in [2.45, 2.75) is 37.8 Å². The van der Waals surface area contributed by atoms with E-state index >= 15 is 0 Å². The average Bonchev–Trinajstić information content (AvgIpc) is 2.67. The Morgan fingerprint density at radius 2 is 1.59 bits per heavy atom. The molecule has 0 aliphatic heterocycles. The number of ether oxygens (including phenoxy) is 2. The van der Waals surface area contributed by atoms with E-state index in [9.17, 15) is 18.0 Å². The van der Waals surface area contributed by atoms with Crippen molar-refractivity contribution >= 4 is 27.6 Å². The van der Waals surface area contributed by atoms with Gasteiger partial charge in [0.25, 0.3) is 5.91 Å². The highest BCUT2D eigenvalue weighted by Gasteiger charge is 2.21. The summed E-state index contributed by atoms with van der Waals surface area (Å²) in [6, 6.07) is 12.0. The second-order valence-corrected chi connectivity index (χ2v) is 8.25. The number of para-hydroxylation sites is 1. The number of amides is 1. The van der Waals surface area contributed by atoms with Crippen LogP contribution in [0.4, 0.5) is 5.69 Å². The lowest BCUT2D eigenvalue weighted by molar-refractivity contribution is -0.123. The molecular formula is C20H24N2O6S. The molecule has 2 rings (SSSR count). The van der Waals surface area contributed by atoms with Crippen molar-refractivity contribution in [3.05, 3.63) is 54.1 Å². The standard InChI is InChI=1S/C20H24N2O6S/c1-13(2)22-29(25,26)16-11-9-15(10-12-16)21-19(23)14(3)28-20(24)17-7-5-6-8-18(17)27-4/h5-14,22H,1-4H3,(H,21,23)/t14-/m0/s1. The molecule has 1 atom stereocenters. The summed E-state index contributed by atoms with van der Waals surface area (Å²) in [6.45, 7) is 4.88. The molecule has 0 aliphatic carbocycles. The summed E-state index contributed by atoms with van der Waals surface area (Å²) in [5, 5.41) is 2.58. The summed E-state index contributed by atoms with van der Waals surface area (Å²) in [5.41, 5.74) is 0.584. The SMILES string of the molecule is COc1ccccc1C(=O)O[C@@H](C)C(=O)Nc1ccc(S(=O)(=O)NC(C)C)cc1. The fraction of sp³-hybridized carbons (Fsp3) is 0.300. The lowest BCUT2D eigenvalue weighted by Crippen LogP contribution is -2.31. The Hall–Kier alpha value is -2.91. The van der Waals surface area contributed by atoms with Crippen LogP contribution < -0.4 is 14.8 Å². The third-order valence-corrected chi connectivity index (χ3v) is 5.48. The van der Waals surface area contributed by atoms with Gasteiger partial charge in [-0.3, -0.25) is 4.79 Å². The van der Waals surface area contributed by atoms with Crippen LogP contribution in [0.5, 0.6) is 5.75 Å². The van der Waals surface area contributed by atoms with Crippen LogP contribution in [-0.2, 0) is 19.6 Å². The van der Waals surface area contributed by atoms with Crippen LogP contribution in [-0.4, -0.2) is 39.5 Å². The lowest BCUT2D eigenvalue weighted by atomic mass is 10.2. The quantitative estimate of drug-likeness (QED) is 0.635. The molecule has 29 heavy (non-hydrogen) atoms. The zero-order valence-corrected chi connectivity index (χ0v) is 17.4. The van der Waals surface area contributed by atoms with Gasteiger partial charge in [-0.05, 0) is 57.2 Å². The van der Waals surface area contributed by atoms with Crippen LogP contribution in [0.25, 0.3) is 0 Å². The first-order valence-corrected chi connectivity index (χ1v) is 10.4. The highest BCUT2D eigenvalue weighted by Crippen LogP contribution is 2.19. The number of anilines is 1. The van der Waals surface area contributed by atoms with Gasteiger partial charge in [0.1, 0.15) is 11.3 Å². The molecule has 2 aromatic rings. The van der Waals surface area contributed by atoms with E-state index in [1.807, 2.05) is 0 Å². The molecule has 0 aromatic heterocycles. The summed E-state index contributed by atoms with van der Waals surface area (Å²) in [6.07, 6.45) is -1.07. The molecule has 2 N–H and O–H groups in total. The third-order valence-electron chi connectivity index (χ3n) is 3.80. The lowest BCUT2D eigenvalue weighted by Gasteiger charge is -2.15. The monoisotopic (exact) mass is 420 g/mol. The van der Waals surface area contributed by atoms with E-state index in [2.05, 4.69) is 10.0 Å². The van der Waals surface area contributed by atoms with Gasteiger partial charge in [0.2, 0.25) is 10.0 Å². The second-order valence-electron chi connectivity index (χ2n) is 6.54. The Morgan fingerprint density at radius 3 is 2.17 bits per heavy atom. The maximum Gasteiger partial charge on any atom is 0.342 e. The molecule has 0 heterocycles. The van der Waals surface area contributed by atoms with E-state index in [4.69, 9.17) is 9.47 Å². The number of carbonyl (C=O) groups is 2. The van der Waals surface area contributed by atoms with E-state index < -0.39 is 28.0 Å². The minimum absolute atomic E-state index is 0.0832. The zero-order chi connectivity index (χ0) is 21.6. The molecule has 9 heteroatoms. The average molecular weight is 420 g/mol. The highest BCUT2D eigenvalue weighted by atomic mass is 32.2. The van der Waals surface area contributed by atoms with Gasteiger partial charge >= 0.3 is 5.97 Å². The molecule has 0 saturated carbocycles. The van der Waals surface area contributed by atoms with Crippen molar-refractivity contribution in [3.63, 3.8) is 0 Å². The number of benzene rings is 2. The molecule has 0 spiro atoms. The largest absolute Gasteiger partial charge is 0.496 e. The van der Waals surface area contributed by atoms with Crippen molar-refractivity contribution in [2.24, 2.45) is 0 Å². The molecule has 0 unspecified atom stereocenters. The van der Waals surface area contributed by atoms with Crippen molar-refractivity contribution in [3.8, 4) is 5.75 Å². The van der Waals surface area contributed by atoms with E-state index in [-0.39, 0.29) is 16.5 Å². The molecule has 2 aromatic carbocycles. The Kier molecular flexibility index (Phi) is 7.35. The van der Waals surface area contributed by atoms with Crippen LogP contribution in [0.15, 0.2) is 53.4 Å². The van der Waals surface area contributed by atoms with Gasteiger partial charge in [0.05, 0.1) is 12.0 Å². The van der Waals surface area contributed by atoms with Crippen LogP contribution in [0.3, 0.4) is 0 Å². The van der Waals surface area contributed by atoms with Gasteiger partial charge in [-0.25, -0.2) is 17.9 Å². The van der Waals surface area contributed by atoms with Crippen molar-refractivity contribution < 1.29 is 27.5 Å². The minimum Gasteiger partial charge on any atom is -0.496 e. The third kappa shape index (κ3) is 6.03. The fourth-order valence-corrected chi connectivity index (χ4v) is 3.68. The Balaban J connectivity index is 2.01. The number of sulfonamides is 1. The van der Waals surface area contributed by atoms with Gasteiger partial charge in [-0.15, -0.1) is 0 Å². The van der Waals surface area contributed by atoms with Gasteiger partial charge in [-0.2, -0.15) is 0 Å². The topological polar surface area (TPSA) is 111 Å². The van der Waals surface area contributed by atoms with E-state index in [1.165, 1.54) is 44.4 Å². The molecule has 0 fully saturated rings. The van der Waals surface area contributed by atoms with Gasteiger partial charge in [0.15, 0.2) is 6.10 Å². The first-order valence-electron chi connectivity index (χ1n) is 8.91. The first kappa shape index (κ1) is 22.4. The van der Waals surface area contributed by atoms with Gasteiger partial charge in [0, 0.05) is 11.7 Å². The van der Waals surface area contributed by atoms with Crippen LogP contribution >= 0.6 is 0 Å². The van der Waals surface area contributed by atoms with E-state index in [0.717, 1.165) is 0 Å². The highest BCUT2D eigenvalue weighted by molar-refractivity contribution is 7.89. The molecule has 0 saturated heterocycles. The minimum atomic E-state index is -3.62. The van der Waals surface area contributed by atoms with E-state index in [0.29, 0.717) is 11.4 Å². The number of hydrogen-bond donors (Lipinski definition) is 2. The molecular weight excluding hydrogens is 396 g/mol. The summed E-state index contributed by atoms with van der Waals surface area (Å²) in [5.74, 6) is -0.896. The second kappa shape index (κ2) is 9.53. The van der Waals surface area contributed by atoms with Crippen LogP contribution in [0, 0.1) is 0 Å². The van der Waals surface area contributed by atoms with Crippen molar-refractivity contribution in [1.29, 1.82) is 0 Å². The zero-order valence-electron chi connectivity index (χ0n) is 16.6. The number of rotatable bonds is 8. The summed E-state index contributed by atoms with van der Waals surface area (Å²) < 4.78 is 37.0. The summed E-state index contributed by atoms with van der Waals surface area (Å²) in [7, 11) is -2.18. The van der Waals surface area contributed by atoms with Gasteiger partial charge in [-0.1, -0.05) is 12.1 Å². The van der Waals surface area contributed by atoms with Gasteiger partial charge < -0.3 is 14.8 Å². The van der Waals surface area contributed by atoms with Crippen molar-refractivity contribution in [1.82, 2.24) is 4.72 Å². The smallest absolute Gasteiger partial charge is 0.342 e. The molecule has 1 amide bonds. The normalized spacial score (nSPS) is 12.3. The molecule has 0 aliphatic rings. The predicted octanol–water partition coefficient (Wildman–Crippen LogP) is 2.57. The molecule has 0 radical (unpaired) electrons. The first-order chi connectivity index (χ1) is 13.6. The molecule has 0 bridgehead atoms. The summed E-state index contributed by atoms with van der Waals surface area (Å²) in [4.78, 5) is 24.7. The number of esters is 1. The van der Waals surface area contributed by atoms with Crippen molar-refractivity contribution in [2.75, 3.05) is 12.4 Å². The summed E-state index contributed by atoms with van der Waals surface area (Å²) >= 11 is 0. The molecule has 8 nitrogen and oxygen atoms in total. The number of carbonyl (C=O) groups excluding carboxylic acids is 2. The Labute approximate surface area is 170 Å². The Bertz CT molecular complexity index is 971. The van der Waals surface area contributed by atoms with Crippen LogP contribution in [0.2, 0.25) is 0 Å². The predicted molar refractivity (Wildman–Crippen MR) is 108 cm³/mol. The maximum atomic E-state index is 12.3. The fourth-order valence-electron chi connectivity index (χ4n) is 2.43. The van der Waals surface area contributed by atoms with Crippen LogP contribution in [0.1, 0.15) is 31.1 Å². The number of nitrogens with one attached hydrogen (secondary N) is 2. The number of hydrogen-bond acceptors (Lipinski definition) is 6. The van der Waals surface area contributed by atoms with E-state index in [1.54, 1.807) is 32.0 Å². The maximum absolute atomic E-state index is 12.3. The number of methoxy groups -OCH3 is 1. The molecule has 156 valence electrons. The Morgan fingerprint density at radius 1 is 0.966 bits per heavy atom.